The Bertz CT molecular complexity index is 735. The molecule has 0 spiro atoms. The van der Waals surface area contributed by atoms with Gasteiger partial charge in [-0.2, -0.15) is 56.6 Å². The minimum Gasteiger partial charge on any atom is -0.189 e. The van der Waals surface area contributed by atoms with Crippen LogP contribution in [0.25, 0.3) is 0 Å². The molecular formula is C34H58Fe. The molecule has 1 heteroatoms. The summed E-state index contributed by atoms with van der Waals surface area (Å²) in [7, 11) is 0. The molecule has 0 atom stereocenters. The zero-order valence-corrected chi connectivity index (χ0v) is 27.2. The van der Waals surface area contributed by atoms with E-state index >= 15 is 0 Å². The van der Waals surface area contributed by atoms with Gasteiger partial charge in [0.2, 0.25) is 0 Å². The standard InChI is InChI=1S/2C17H29.Fe/c2*1-10(2)14-9-15(11(3)4)17(13(7)8)16(14)12(5)6;/h2*9-13H,1-8H3;/q2*-1;+2. The van der Waals surface area contributed by atoms with Crippen molar-refractivity contribution < 1.29 is 17.1 Å². The van der Waals surface area contributed by atoms with Gasteiger partial charge in [0.05, 0.1) is 0 Å². The zero-order valence-electron chi connectivity index (χ0n) is 26.1. The van der Waals surface area contributed by atoms with Crippen LogP contribution in [0.5, 0.6) is 0 Å². The molecule has 0 aliphatic carbocycles. The normalized spacial score (nSPS) is 12.1. The average Bonchev–Trinajstić information content (AvgIpc) is 3.28. The second kappa shape index (κ2) is 14.2. The zero-order chi connectivity index (χ0) is 26.7. The molecular weight excluding hydrogens is 464 g/mol. The molecule has 0 aliphatic rings. The average molecular weight is 523 g/mol. The summed E-state index contributed by atoms with van der Waals surface area (Å²) in [6, 6.07) is 4.94. The maximum absolute atomic E-state index is 2.47. The van der Waals surface area contributed by atoms with Gasteiger partial charge < -0.3 is 0 Å². The van der Waals surface area contributed by atoms with E-state index in [1.807, 2.05) is 0 Å². The van der Waals surface area contributed by atoms with Crippen LogP contribution in [0.2, 0.25) is 0 Å². The second-order valence-corrected chi connectivity index (χ2v) is 13.0. The minimum atomic E-state index is 0. The monoisotopic (exact) mass is 522 g/mol. The van der Waals surface area contributed by atoms with Crippen LogP contribution in [0, 0.1) is 0 Å². The first-order valence-electron chi connectivity index (χ1n) is 14.2. The molecule has 0 radical (unpaired) electrons. The Morgan fingerprint density at radius 3 is 0.514 bits per heavy atom. The summed E-state index contributed by atoms with van der Waals surface area (Å²) in [6.07, 6.45) is 0. The Labute approximate surface area is 231 Å². The molecule has 0 aliphatic heterocycles. The molecule has 2 rings (SSSR count). The Hall–Kier alpha value is -0.781. The van der Waals surface area contributed by atoms with Gasteiger partial charge in [-0.05, 0) is 23.7 Å². The summed E-state index contributed by atoms with van der Waals surface area (Å²) < 4.78 is 0. The fourth-order valence-electron chi connectivity index (χ4n) is 5.76. The molecule has 0 amide bonds. The SMILES string of the molecule is CC(C)c1[cH-]c(C(C)C)c(C(C)C)c1C(C)C.CC(C)c1[cH-]c(C(C)C)c(C(C)C)c1C(C)C.[Fe+2]. The van der Waals surface area contributed by atoms with E-state index in [2.05, 4.69) is 123 Å². The van der Waals surface area contributed by atoms with Crippen LogP contribution in [0.1, 0.15) is 203 Å². The van der Waals surface area contributed by atoms with Crippen molar-refractivity contribution in [2.45, 2.75) is 158 Å². The van der Waals surface area contributed by atoms with Crippen LogP contribution in [0.15, 0.2) is 12.1 Å². The summed E-state index contributed by atoms with van der Waals surface area (Å²) in [5, 5.41) is 0. The van der Waals surface area contributed by atoms with Crippen LogP contribution >= 0.6 is 0 Å². The molecule has 2 aromatic rings. The molecule has 35 heavy (non-hydrogen) atoms. The molecule has 0 N–H and O–H groups in total. The van der Waals surface area contributed by atoms with Gasteiger partial charge in [0.25, 0.3) is 0 Å². The van der Waals surface area contributed by atoms with Crippen LogP contribution in [0.4, 0.5) is 0 Å². The van der Waals surface area contributed by atoms with E-state index in [1.54, 1.807) is 44.5 Å². The third kappa shape index (κ3) is 8.10. The summed E-state index contributed by atoms with van der Waals surface area (Å²) >= 11 is 0. The van der Waals surface area contributed by atoms with E-state index < -0.39 is 0 Å². The predicted molar refractivity (Wildman–Crippen MR) is 157 cm³/mol. The second-order valence-electron chi connectivity index (χ2n) is 13.0. The number of rotatable bonds is 8. The molecule has 0 saturated heterocycles. The van der Waals surface area contributed by atoms with Gasteiger partial charge in [0.15, 0.2) is 0 Å². The molecule has 2 aromatic carbocycles. The first-order valence-corrected chi connectivity index (χ1v) is 14.2. The van der Waals surface area contributed by atoms with Crippen molar-refractivity contribution in [1.82, 2.24) is 0 Å². The van der Waals surface area contributed by atoms with Gasteiger partial charge in [0.1, 0.15) is 0 Å². The summed E-state index contributed by atoms with van der Waals surface area (Å²) in [5.74, 6) is 5.09. The van der Waals surface area contributed by atoms with Crippen molar-refractivity contribution in [3.63, 3.8) is 0 Å². The van der Waals surface area contributed by atoms with Crippen molar-refractivity contribution in [3.8, 4) is 0 Å². The molecule has 0 aromatic heterocycles. The topological polar surface area (TPSA) is 0 Å². The third-order valence-electron chi connectivity index (χ3n) is 7.24. The number of hydrogen-bond acceptors (Lipinski definition) is 0. The van der Waals surface area contributed by atoms with Gasteiger partial charge in [-0.25, -0.2) is 0 Å². The summed E-state index contributed by atoms with van der Waals surface area (Å²) in [5.41, 5.74) is 12.8. The molecule has 0 saturated carbocycles. The largest absolute Gasteiger partial charge is 2.00 e. The minimum absolute atomic E-state index is 0. The van der Waals surface area contributed by atoms with E-state index in [0.717, 1.165) is 0 Å². The Morgan fingerprint density at radius 2 is 0.429 bits per heavy atom. The Balaban J connectivity index is 0.000000642. The van der Waals surface area contributed by atoms with Crippen LogP contribution < -0.4 is 0 Å². The fraction of sp³-hybridized carbons (Fsp3) is 0.706. The van der Waals surface area contributed by atoms with Crippen molar-refractivity contribution in [1.29, 1.82) is 0 Å². The molecule has 0 fully saturated rings. The van der Waals surface area contributed by atoms with Gasteiger partial charge in [-0.3, -0.25) is 0 Å². The number of hydrogen-bond donors (Lipinski definition) is 0. The van der Waals surface area contributed by atoms with E-state index in [9.17, 15) is 0 Å². The Kier molecular flexibility index (Phi) is 13.9. The predicted octanol–water partition coefficient (Wildman–Crippen LogP) is 11.8. The molecule has 0 nitrogen and oxygen atoms in total. The van der Waals surface area contributed by atoms with Crippen LogP contribution in [-0.4, -0.2) is 0 Å². The Morgan fingerprint density at radius 1 is 0.286 bits per heavy atom. The van der Waals surface area contributed by atoms with Gasteiger partial charge in [-0.15, -0.1) is 0 Å². The third-order valence-corrected chi connectivity index (χ3v) is 7.24. The smallest absolute Gasteiger partial charge is 0.189 e. The maximum Gasteiger partial charge on any atom is 2.00 e. The first-order chi connectivity index (χ1) is 15.5. The van der Waals surface area contributed by atoms with Crippen molar-refractivity contribution in [2.75, 3.05) is 0 Å². The summed E-state index contributed by atoms with van der Waals surface area (Å²) in [4.78, 5) is 0. The first kappa shape index (κ1) is 34.2. The van der Waals surface area contributed by atoms with Gasteiger partial charge in [0, 0.05) is 0 Å². The van der Waals surface area contributed by atoms with Crippen molar-refractivity contribution >= 4 is 0 Å². The molecule has 0 bridgehead atoms. The van der Waals surface area contributed by atoms with Gasteiger partial charge in [-0.1, -0.05) is 134 Å². The van der Waals surface area contributed by atoms with Crippen LogP contribution in [0.3, 0.4) is 0 Å². The molecule has 0 unspecified atom stereocenters. The van der Waals surface area contributed by atoms with Crippen molar-refractivity contribution in [3.05, 3.63) is 56.6 Å². The molecule has 202 valence electrons. The van der Waals surface area contributed by atoms with E-state index in [4.69, 9.17) is 0 Å². The maximum atomic E-state index is 2.47. The van der Waals surface area contributed by atoms with E-state index in [1.165, 1.54) is 0 Å². The quantitative estimate of drug-likeness (QED) is 0.239. The van der Waals surface area contributed by atoms with Crippen LogP contribution in [-0.2, 0) is 17.1 Å². The van der Waals surface area contributed by atoms with Gasteiger partial charge >= 0.3 is 17.1 Å². The summed E-state index contributed by atoms with van der Waals surface area (Å²) in [6.45, 7) is 37.2. The molecule has 0 heterocycles. The van der Waals surface area contributed by atoms with Crippen molar-refractivity contribution in [2.24, 2.45) is 0 Å². The van der Waals surface area contributed by atoms with E-state index in [0.29, 0.717) is 47.3 Å². The van der Waals surface area contributed by atoms with E-state index in [-0.39, 0.29) is 17.1 Å². The fourth-order valence-corrected chi connectivity index (χ4v) is 5.76.